The smallest absolute Gasteiger partial charge is 0.331 e. The number of alkyl halides is 1. The molecule has 0 saturated carbocycles. The highest BCUT2D eigenvalue weighted by atomic mass is 79.9. The van der Waals surface area contributed by atoms with Gasteiger partial charge in [0.2, 0.25) is 5.91 Å². The summed E-state index contributed by atoms with van der Waals surface area (Å²) in [4.78, 5) is 41.1. The maximum atomic E-state index is 13.7. The van der Waals surface area contributed by atoms with E-state index in [1.165, 1.54) is 11.8 Å². The lowest BCUT2D eigenvalue weighted by Crippen LogP contribution is -2.71. The van der Waals surface area contributed by atoms with Crippen LogP contribution in [-0.2, 0) is 19.1 Å². The fourth-order valence-corrected chi connectivity index (χ4v) is 7.08. The second-order valence-electron chi connectivity index (χ2n) is 9.39. The molecule has 2 amide bonds. The Bertz CT molecular complexity index is 1260. The van der Waals surface area contributed by atoms with Crippen LogP contribution in [-0.4, -0.2) is 56.8 Å². The number of esters is 1. The summed E-state index contributed by atoms with van der Waals surface area (Å²) in [5.41, 5.74) is 1.68. The highest BCUT2D eigenvalue weighted by Gasteiger charge is 2.65. The molecule has 2 aliphatic rings. The van der Waals surface area contributed by atoms with E-state index in [-0.39, 0.29) is 17.9 Å². The number of carbonyl (C=O) groups excluding carboxylic acids is 3. The fraction of sp³-hybridized carbons (Fsp3) is 0.276. The second kappa shape index (κ2) is 11.2. The van der Waals surface area contributed by atoms with Crippen LogP contribution in [0.3, 0.4) is 0 Å². The van der Waals surface area contributed by atoms with Crippen LogP contribution in [0.4, 0.5) is 0 Å². The van der Waals surface area contributed by atoms with Crippen LogP contribution in [0.5, 0.6) is 5.75 Å². The Kier molecular flexibility index (Phi) is 7.76. The van der Waals surface area contributed by atoms with Crippen LogP contribution in [0, 0.1) is 0 Å². The van der Waals surface area contributed by atoms with Crippen molar-refractivity contribution in [2.24, 2.45) is 0 Å². The predicted octanol–water partition coefficient (Wildman–Crippen LogP) is 4.32. The molecule has 0 bridgehead atoms. The van der Waals surface area contributed by atoms with Gasteiger partial charge in [0.15, 0.2) is 12.7 Å². The molecule has 5 rings (SSSR count). The van der Waals surface area contributed by atoms with E-state index in [0.29, 0.717) is 11.1 Å². The van der Waals surface area contributed by atoms with Crippen molar-refractivity contribution in [3.05, 3.63) is 102 Å². The zero-order valence-corrected chi connectivity index (χ0v) is 23.1. The molecule has 7 nitrogen and oxygen atoms in total. The van der Waals surface area contributed by atoms with Gasteiger partial charge in [0.25, 0.3) is 5.91 Å². The molecular formula is C29H27BrN2O5S. The van der Waals surface area contributed by atoms with Crippen LogP contribution in [0.15, 0.2) is 91.0 Å². The second-order valence-corrected chi connectivity index (χ2v) is 11.6. The molecule has 2 aliphatic heterocycles. The lowest BCUT2D eigenvalue weighted by molar-refractivity contribution is -0.166. The summed E-state index contributed by atoms with van der Waals surface area (Å²) in [6.45, 7) is 1.73. The number of ether oxygens (including phenoxy) is 2. The molecule has 0 aromatic heterocycles. The lowest BCUT2D eigenvalue weighted by Gasteiger charge is -2.44. The van der Waals surface area contributed by atoms with E-state index >= 15 is 0 Å². The molecule has 38 heavy (non-hydrogen) atoms. The van der Waals surface area contributed by atoms with Gasteiger partial charge in [-0.15, -0.1) is 11.8 Å². The van der Waals surface area contributed by atoms with Crippen molar-refractivity contribution in [1.29, 1.82) is 0 Å². The van der Waals surface area contributed by atoms with E-state index in [1.807, 2.05) is 85.8 Å². The van der Waals surface area contributed by atoms with Gasteiger partial charge in [0.1, 0.15) is 23.2 Å². The van der Waals surface area contributed by atoms with Crippen molar-refractivity contribution >= 4 is 45.5 Å². The van der Waals surface area contributed by atoms with Crippen LogP contribution in [0.1, 0.15) is 24.2 Å². The highest BCUT2D eigenvalue weighted by Crippen LogP contribution is 2.52. The van der Waals surface area contributed by atoms with Gasteiger partial charge < -0.3 is 19.7 Å². The largest absolute Gasteiger partial charge is 0.484 e. The van der Waals surface area contributed by atoms with Gasteiger partial charge in [0.05, 0.1) is 4.75 Å². The van der Waals surface area contributed by atoms with Crippen molar-refractivity contribution in [3.63, 3.8) is 0 Å². The number of carbonyl (C=O) groups is 3. The Morgan fingerprint density at radius 2 is 1.53 bits per heavy atom. The number of thioether (sulfide) groups is 1. The molecule has 0 aliphatic carbocycles. The third-order valence-corrected chi connectivity index (χ3v) is 9.87. The number of amides is 2. The number of nitrogens with zero attached hydrogens (tertiary/aromatic N) is 1. The van der Waals surface area contributed by atoms with Gasteiger partial charge in [-0.1, -0.05) is 94.8 Å². The Morgan fingerprint density at radius 3 is 2.08 bits per heavy atom. The van der Waals surface area contributed by atoms with Gasteiger partial charge >= 0.3 is 5.97 Å². The van der Waals surface area contributed by atoms with Gasteiger partial charge in [0, 0.05) is 5.33 Å². The summed E-state index contributed by atoms with van der Waals surface area (Å²) >= 11 is 5.04. The summed E-state index contributed by atoms with van der Waals surface area (Å²) in [6.07, 6.45) is -0.615. The number of nitrogens with one attached hydrogen (secondary N) is 1. The van der Waals surface area contributed by atoms with E-state index in [1.54, 1.807) is 17.0 Å². The molecule has 1 N–H and O–H groups in total. The topological polar surface area (TPSA) is 84.9 Å². The van der Waals surface area contributed by atoms with E-state index < -0.39 is 34.8 Å². The fourth-order valence-electron chi connectivity index (χ4n) is 4.77. The quantitative estimate of drug-likeness (QED) is 0.226. The van der Waals surface area contributed by atoms with Crippen LogP contribution < -0.4 is 10.1 Å². The third-order valence-electron chi connectivity index (χ3n) is 6.68. The molecule has 3 aromatic rings. The van der Waals surface area contributed by atoms with E-state index in [4.69, 9.17) is 9.47 Å². The molecule has 196 valence electrons. The van der Waals surface area contributed by atoms with Gasteiger partial charge in [-0.05, 0) is 30.2 Å². The molecule has 2 heterocycles. The van der Waals surface area contributed by atoms with Crippen LogP contribution in [0.2, 0.25) is 0 Å². The Balaban J connectivity index is 1.30. The van der Waals surface area contributed by atoms with Crippen molar-refractivity contribution in [2.45, 2.75) is 35.2 Å². The Hall–Kier alpha value is -3.30. The molecule has 2 fully saturated rings. The molecule has 3 aromatic carbocycles. The van der Waals surface area contributed by atoms with Crippen molar-refractivity contribution in [2.75, 3.05) is 11.9 Å². The summed E-state index contributed by atoms with van der Waals surface area (Å²) in [5.74, 6) is -0.615. The van der Waals surface area contributed by atoms with Crippen molar-refractivity contribution < 1.29 is 23.9 Å². The first kappa shape index (κ1) is 26.3. The Morgan fingerprint density at radius 1 is 0.974 bits per heavy atom. The molecular weight excluding hydrogens is 568 g/mol. The molecule has 0 unspecified atom stereocenters. The molecule has 2 saturated heterocycles. The van der Waals surface area contributed by atoms with E-state index in [9.17, 15) is 14.4 Å². The van der Waals surface area contributed by atoms with Crippen molar-refractivity contribution in [3.8, 4) is 5.75 Å². The number of hydrogen-bond acceptors (Lipinski definition) is 6. The minimum Gasteiger partial charge on any atom is -0.484 e. The number of halogens is 1. The van der Waals surface area contributed by atoms with E-state index in [2.05, 4.69) is 21.2 Å². The standard InChI is InChI=1S/C29H27BrN2O5S/c1-29(18-30)25(28(35)37-24(19-11-5-2-6-12-19)20-13-7-3-8-14-20)32-26(34)23(27(32)38-29)31-22(33)17-36-21-15-9-4-10-16-21/h2-16,23-25,27H,17-18H2,1H3,(H,31,33)/t23-,25+,27+,29+/m1/s1. The first-order valence-electron chi connectivity index (χ1n) is 12.2. The first-order valence-corrected chi connectivity index (χ1v) is 14.2. The number of fused-ring (bicyclic) bond motifs is 1. The molecule has 0 radical (unpaired) electrons. The highest BCUT2D eigenvalue weighted by molar-refractivity contribution is 9.09. The minimum atomic E-state index is -0.812. The maximum absolute atomic E-state index is 13.7. The number of rotatable bonds is 9. The number of hydrogen-bond donors (Lipinski definition) is 1. The average molecular weight is 596 g/mol. The summed E-state index contributed by atoms with van der Waals surface area (Å²) < 4.78 is 11.0. The zero-order chi connectivity index (χ0) is 26.7. The average Bonchev–Trinajstić information content (AvgIpc) is 3.25. The van der Waals surface area contributed by atoms with Crippen LogP contribution >= 0.6 is 27.7 Å². The van der Waals surface area contributed by atoms with Crippen LogP contribution in [0.25, 0.3) is 0 Å². The van der Waals surface area contributed by atoms with Gasteiger partial charge in [-0.2, -0.15) is 0 Å². The molecule has 9 heteroatoms. The predicted molar refractivity (Wildman–Crippen MR) is 149 cm³/mol. The van der Waals surface area contributed by atoms with Crippen molar-refractivity contribution in [1.82, 2.24) is 10.2 Å². The third kappa shape index (κ3) is 5.17. The molecule has 0 spiro atoms. The first-order chi connectivity index (χ1) is 18.4. The van der Waals surface area contributed by atoms with Gasteiger partial charge in [-0.25, -0.2) is 4.79 Å². The zero-order valence-electron chi connectivity index (χ0n) is 20.7. The maximum Gasteiger partial charge on any atom is 0.331 e. The normalized spacial score (nSPS) is 23.9. The van der Waals surface area contributed by atoms with Gasteiger partial charge in [-0.3, -0.25) is 9.59 Å². The lowest BCUT2D eigenvalue weighted by atomic mass is 9.95. The summed E-state index contributed by atoms with van der Waals surface area (Å²) in [7, 11) is 0. The summed E-state index contributed by atoms with van der Waals surface area (Å²) in [6, 6.07) is 26.5. The molecule has 4 atom stereocenters. The SMILES string of the molecule is C[C@@]1(CBr)S[C@H]2[C@H](NC(=O)COc3ccccc3)C(=O)N2[C@H]1C(=O)OC(c1ccccc1)c1ccccc1. The Labute approximate surface area is 234 Å². The summed E-state index contributed by atoms with van der Waals surface area (Å²) in [5, 5.41) is 2.86. The number of β-lactam (4-membered cyclic amide) rings is 1. The number of para-hydroxylation sites is 1. The minimum absolute atomic E-state index is 0.206. The monoisotopic (exact) mass is 594 g/mol. The number of benzene rings is 3. The van der Waals surface area contributed by atoms with E-state index in [0.717, 1.165) is 11.1 Å².